The SMILES string of the molecule is [13CH3]Oc1cccc(CO)c1. The fourth-order valence-corrected chi connectivity index (χ4v) is 0.771. The molecule has 10 heavy (non-hydrogen) atoms. The Bertz CT molecular complexity index is 189. The lowest BCUT2D eigenvalue weighted by molar-refractivity contribution is 0.281. The second kappa shape index (κ2) is 3.22. The normalized spacial score (nSPS) is 9.40. The van der Waals surface area contributed by atoms with Crippen molar-refractivity contribution in [1.29, 1.82) is 0 Å². The van der Waals surface area contributed by atoms with Crippen molar-refractivity contribution in [3.63, 3.8) is 0 Å². The van der Waals surface area contributed by atoms with Crippen LogP contribution >= 0.6 is 0 Å². The van der Waals surface area contributed by atoms with Gasteiger partial charge in [-0.3, -0.25) is 0 Å². The molecule has 1 rings (SSSR count). The van der Waals surface area contributed by atoms with Gasteiger partial charge >= 0.3 is 0 Å². The van der Waals surface area contributed by atoms with Crippen LogP contribution in [0.3, 0.4) is 0 Å². The molecule has 0 aliphatic carbocycles. The Kier molecular flexibility index (Phi) is 2.29. The van der Waals surface area contributed by atoms with E-state index in [9.17, 15) is 0 Å². The number of aliphatic hydroxyl groups is 1. The van der Waals surface area contributed by atoms with Crippen molar-refractivity contribution in [1.82, 2.24) is 0 Å². The zero-order chi connectivity index (χ0) is 7.40. The van der Waals surface area contributed by atoms with Gasteiger partial charge < -0.3 is 9.84 Å². The van der Waals surface area contributed by atoms with Crippen molar-refractivity contribution < 1.29 is 9.84 Å². The summed E-state index contributed by atoms with van der Waals surface area (Å²) in [5, 5.41) is 8.70. The predicted molar refractivity (Wildman–Crippen MR) is 38.9 cm³/mol. The molecule has 0 fully saturated rings. The minimum atomic E-state index is 0.0667. The van der Waals surface area contributed by atoms with Gasteiger partial charge in [-0.25, -0.2) is 0 Å². The van der Waals surface area contributed by atoms with Crippen molar-refractivity contribution in [3.8, 4) is 5.75 Å². The van der Waals surface area contributed by atoms with E-state index in [0.717, 1.165) is 11.3 Å². The maximum atomic E-state index is 8.70. The van der Waals surface area contributed by atoms with Gasteiger partial charge in [0, 0.05) is 0 Å². The first-order valence-corrected chi connectivity index (χ1v) is 3.10. The molecule has 0 aliphatic rings. The van der Waals surface area contributed by atoms with Crippen molar-refractivity contribution in [2.24, 2.45) is 0 Å². The minimum absolute atomic E-state index is 0.0667. The van der Waals surface area contributed by atoms with Gasteiger partial charge in [-0.05, 0) is 17.7 Å². The Balaban J connectivity index is 2.87. The van der Waals surface area contributed by atoms with E-state index in [0.29, 0.717) is 0 Å². The molecule has 0 aliphatic heterocycles. The summed E-state index contributed by atoms with van der Waals surface area (Å²) in [6.45, 7) is 0.0667. The second-order valence-electron chi connectivity index (χ2n) is 2.01. The van der Waals surface area contributed by atoms with E-state index in [2.05, 4.69) is 0 Å². The van der Waals surface area contributed by atoms with Crippen LogP contribution in [0.25, 0.3) is 0 Å². The van der Waals surface area contributed by atoms with E-state index in [1.165, 1.54) is 0 Å². The van der Waals surface area contributed by atoms with Crippen LogP contribution < -0.4 is 4.74 Å². The molecule has 54 valence electrons. The first kappa shape index (κ1) is 7.09. The number of ether oxygens (including phenoxy) is 1. The number of benzene rings is 1. The molecule has 0 atom stereocenters. The van der Waals surface area contributed by atoms with Crippen molar-refractivity contribution >= 4 is 0 Å². The summed E-state index contributed by atoms with van der Waals surface area (Å²) in [4.78, 5) is 0. The summed E-state index contributed by atoms with van der Waals surface area (Å²) in [5.74, 6) is 0.784. The molecular weight excluding hydrogens is 129 g/mol. The van der Waals surface area contributed by atoms with Crippen LogP contribution in [-0.2, 0) is 6.61 Å². The summed E-state index contributed by atoms with van der Waals surface area (Å²) in [6, 6.07) is 7.35. The standard InChI is InChI=1S/C8H10O2/c1-10-8-4-2-3-7(5-8)6-9/h2-5,9H,6H2,1H3/i1+1. The second-order valence-corrected chi connectivity index (χ2v) is 2.01. The molecule has 0 spiro atoms. The maximum Gasteiger partial charge on any atom is 0.119 e. The van der Waals surface area contributed by atoms with Crippen molar-refractivity contribution in [2.45, 2.75) is 6.61 Å². The van der Waals surface area contributed by atoms with Crippen LogP contribution in [0.5, 0.6) is 5.75 Å². The van der Waals surface area contributed by atoms with E-state index < -0.39 is 0 Å². The fourth-order valence-electron chi connectivity index (χ4n) is 0.771. The summed E-state index contributed by atoms with van der Waals surface area (Å²) in [6.07, 6.45) is 0. The Morgan fingerprint density at radius 2 is 2.30 bits per heavy atom. The smallest absolute Gasteiger partial charge is 0.119 e. The van der Waals surface area contributed by atoms with Gasteiger partial charge in [-0.2, -0.15) is 0 Å². The van der Waals surface area contributed by atoms with Gasteiger partial charge in [0.05, 0.1) is 13.7 Å². The van der Waals surface area contributed by atoms with Gasteiger partial charge in [-0.1, -0.05) is 12.1 Å². The highest BCUT2D eigenvalue weighted by atomic mass is 16.5. The monoisotopic (exact) mass is 139 g/mol. The van der Waals surface area contributed by atoms with Crippen LogP contribution in [0.4, 0.5) is 0 Å². The third-order valence-electron chi connectivity index (χ3n) is 1.32. The van der Waals surface area contributed by atoms with Gasteiger partial charge in [0.15, 0.2) is 0 Å². The molecule has 1 aromatic rings. The van der Waals surface area contributed by atoms with Gasteiger partial charge in [0.25, 0.3) is 0 Å². The van der Waals surface area contributed by atoms with E-state index in [4.69, 9.17) is 9.84 Å². The summed E-state index contributed by atoms with van der Waals surface area (Å²) < 4.78 is 4.95. The lowest BCUT2D eigenvalue weighted by Gasteiger charge is -1.99. The number of aliphatic hydroxyl groups excluding tert-OH is 1. The molecule has 0 aromatic heterocycles. The average molecular weight is 139 g/mol. The number of hydrogen-bond donors (Lipinski definition) is 1. The minimum Gasteiger partial charge on any atom is -0.497 e. The number of hydrogen-bond acceptors (Lipinski definition) is 2. The molecule has 0 heterocycles. The molecule has 0 bridgehead atoms. The molecule has 0 amide bonds. The lowest BCUT2D eigenvalue weighted by atomic mass is 10.2. The topological polar surface area (TPSA) is 29.5 Å². The third-order valence-corrected chi connectivity index (χ3v) is 1.32. The maximum absolute atomic E-state index is 8.70. The van der Waals surface area contributed by atoms with E-state index in [1.54, 1.807) is 13.2 Å². The Labute approximate surface area is 60.1 Å². The zero-order valence-electron chi connectivity index (χ0n) is 5.87. The van der Waals surface area contributed by atoms with Crippen LogP contribution in [-0.4, -0.2) is 12.2 Å². The molecular formula is C8H10O2. The third kappa shape index (κ3) is 1.48. The first-order chi connectivity index (χ1) is 4.86. The lowest BCUT2D eigenvalue weighted by Crippen LogP contribution is -1.85. The Hall–Kier alpha value is -1.02. The van der Waals surface area contributed by atoms with Crippen LogP contribution in [0.1, 0.15) is 5.56 Å². The van der Waals surface area contributed by atoms with E-state index >= 15 is 0 Å². The van der Waals surface area contributed by atoms with Crippen molar-refractivity contribution in [2.75, 3.05) is 7.11 Å². The summed E-state index contributed by atoms with van der Waals surface area (Å²) in [5.41, 5.74) is 0.874. The first-order valence-electron chi connectivity index (χ1n) is 3.10. The number of rotatable bonds is 2. The fraction of sp³-hybridized carbons (Fsp3) is 0.250. The quantitative estimate of drug-likeness (QED) is 0.623. The highest BCUT2D eigenvalue weighted by molar-refractivity contribution is 5.27. The van der Waals surface area contributed by atoms with Crippen LogP contribution in [0.2, 0.25) is 0 Å². The van der Waals surface area contributed by atoms with Crippen molar-refractivity contribution in [3.05, 3.63) is 29.8 Å². The van der Waals surface area contributed by atoms with Gasteiger partial charge in [0.2, 0.25) is 0 Å². The average Bonchev–Trinajstić information content (AvgIpc) is 2.05. The van der Waals surface area contributed by atoms with Gasteiger partial charge in [0.1, 0.15) is 5.75 Å². The van der Waals surface area contributed by atoms with Crippen LogP contribution in [0.15, 0.2) is 24.3 Å². The largest absolute Gasteiger partial charge is 0.497 e. The predicted octanol–water partition coefficient (Wildman–Crippen LogP) is 1.19. The highest BCUT2D eigenvalue weighted by Gasteiger charge is 1.91. The number of methoxy groups -OCH3 is 1. The molecule has 0 saturated heterocycles. The molecule has 1 aromatic carbocycles. The van der Waals surface area contributed by atoms with E-state index in [-0.39, 0.29) is 6.61 Å². The Morgan fingerprint density at radius 1 is 1.50 bits per heavy atom. The Morgan fingerprint density at radius 3 is 2.90 bits per heavy atom. The summed E-state index contributed by atoms with van der Waals surface area (Å²) in [7, 11) is 1.61. The molecule has 0 unspecified atom stereocenters. The molecule has 2 heteroatoms. The molecule has 1 N–H and O–H groups in total. The molecule has 0 radical (unpaired) electrons. The molecule has 2 nitrogen and oxygen atoms in total. The van der Waals surface area contributed by atoms with E-state index in [1.807, 2.05) is 18.2 Å². The van der Waals surface area contributed by atoms with Gasteiger partial charge in [-0.15, -0.1) is 0 Å². The van der Waals surface area contributed by atoms with Crippen LogP contribution in [0, 0.1) is 0 Å². The summed E-state index contributed by atoms with van der Waals surface area (Å²) >= 11 is 0. The highest BCUT2D eigenvalue weighted by Crippen LogP contribution is 2.11. The zero-order valence-corrected chi connectivity index (χ0v) is 5.87. The molecule has 0 saturated carbocycles.